The maximum atomic E-state index is 12.2. The standard InChI is InChI=1S/C12H18ClNO2S/c1-3-4-5-14(6-7-15)12(16)11-10(13)9(2)8-17-11/h8,15H,3-7H2,1-2H3. The molecule has 1 N–H and O–H groups in total. The highest BCUT2D eigenvalue weighted by Crippen LogP contribution is 2.28. The molecule has 1 rings (SSSR count). The molecule has 0 aliphatic heterocycles. The Labute approximate surface area is 111 Å². The molecular weight excluding hydrogens is 258 g/mol. The van der Waals surface area contributed by atoms with Gasteiger partial charge in [-0.25, -0.2) is 0 Å². The van der Waals surface area contributed by atoms with Gasteiger partial charge in [0, 0.05) is 13.1 Å². The van der Waals surface area contributed by atoms with Gasteiger partial charge in [0.2, 0.25) is 0 Å². The van der Waals surface area contributed by atoms with Crippen LogP contribution >= 0.6 is 22.9 Å². The van der Waals surface area contributed by atoms with Gasteiger partial charge in [0.25, 0.3) is 5.91 Å². The first-order valence-electron chi connectivity index (χ1n) is 5.75. The fourth-order valence-corrected chi connectivity index (χ4v) is 2.74. The van der Waals surface area contributed by atoms with Gasteiger partial charge in [0.1, 0.15) is 4.88 Å². The normalized spacial score (nSPS) is 10.6. The summed E-state index contributed by atoms with van der Waals surface area (Å²) in [6.45, 7) is 4.98. The summed E-state index contributed by atoms with van der Waals surface area (Å²) in [7, 11) is 0. The number of aryl methyl sites for hydroxylation is 1. The highest BCUT2D eigenvalue weighted by molar-refractivity contribution is 7.13. The van der Waals surface area contributed by atoms with Crippen LogP contribution in [0.2, 0.25) is 5.02 Å². The number of carbonyl (C=O) groups is 1. The summed E-state index contributed by atoms with van der Waals surface area (Å²) in [5, 5.41) is 11.4. The van der Waals surface area contributed by atoms with Crippen LogP contribution in [0.15, 0.2) is 5.38 Å². The van der Waals surface area contributed by atoms with Crippen molar-refractivity contribution in [2.45, 2.75) is 26.7 Å². The monoisotopic (exact) mass is 275 g/mol. The summed E-state index contributed by atoms with van der Waals surface area (Å²) in [4.78, 5) is 14.5. The predicted molar refractivity (Wildman–Crippen MR) is 72.0 cm³/mol. The minimum absolute atomic E-state index is 0.0164. The minimum Gasteiger partial charge on any atom is -0.395 e. The Morgan fingerprint density at radius 1 is 1.53 bits per heavy atom. The summed E-state index contributed by atoms with van der Waals surface area (Å²) in [5.74, 6) is -0.0735. The molecule has 0 atom stereocenters. The first-order valence-corrected chi connectivity index (χ1v) is 7.01. The highest BCUT2D eigenvalue weighted by Gasteiger charge is 2.20. The zero-order valence-electron chi connectivity index (χ0n) is 10.2. The van der Waals surface area contributed by atoms with E-state index in [1.54, 1.807) is 4.90 Å². The molecule has 96 valence electrons. The van der Waals surface area contributed by atoms with E-state index >= 15 is 0 Å². The summed E-state index contributed by atoms with van der Waals surface area (Å²) in [6.07, 6.45) is 1.96. The van der Waals surface area contributed by atoms with Gasteiger partial charge in [0.05, 0.1) is 11.6 Å². The number of aliphatic hydroxyl groups excluding tert-OH is 1. The number of nitrogens with zero attached hydrogens (tertiary/aromatic N) is 1. The molecule has 0 aromatic carbocycles. The maximum absolute atomic E-state index is 12.2. The van der Waals surface area contributed by atoms with Crippen LogP contribution in [-0.4, -0.2) is 35.6 Å². The van der Waals surface area contributed by atoms with Crippen LogP contribution in [0.3, 0.4) is 0 Å². The lowest BCUT2D eigenvalue weighted by Crippen LogP contribution is -2.34. The fraction of sp³-hybridized carbons (Fsp3) is 0.583. The quantitative estimate of drug-likeness (QED) is 0.867. The molecular formula is C12H18ClNO2S. The van der Waals surface area contributed by atoms with Crippen molar-refractivity contribution in [2.75, 3.05) is 19.7 Å². The average Bonchev–Trinajstić information content (AvgIpc) is 2.65. The summed E-state index contributed by atoms with van der Waals surface area (Å²) in [6, 6.07) is 0. The van der Waals surface area contributed by atoms with E-state index in [-0.39, 0.29) is 12.5 Å². The van der Waals surface area contributed by atoms with Crippen LogP contribution in [0.4, 0.5) is 0 Å². The molecule has 1 amide bonds. The predicted octanol–water partition coefficient (Wildman–Crippen LogP) is 2.94. The van der Waals surface area contributed by atoms with Crippen molar-refractivity contribution in [3.05, 3.63) is 20.8 Å². The molecule has 3 nitrogen and oxygen atoms in total. The highest BCUT2D eigenvalue weighted by atomic mass is 35.5. The molecule has 1 aromatic rings. The Hall–Kier alpha value is -0.580. The Bertz CT molecular complexity index is 379. The van der Waals surface area contributed by atoms with Crippen molar-refractivity contribution in [1.29, 1.82) is 0 Å². The lowest BCUT2D eigenvalue weighted by Gasteiger charge is -2.21. The zero-order valence-corrected chi connectivity index (χ0v) is 11.8. The molecule has 0 bridgehead atoms. The molecule has 0 aliphatic carbocycles. The van der Waals surface area contributed by atoms with Gasteiger partial charge >= 0.3 is 0 Å². The Morgan fingerprint density at radius 2 is 2.24 bits per heavy atom. The molecule has 0 saturated heterocycles. The molecule has 0 radical (unpaired) electrons. The molecule has 17 heavy (non-hydrogen) atoms. The molecule has 0 saturated carbocycles. The molecule has 5 heteroatoms. The number of halogens is 1. The van der Waals surface area contributed by atoms with E-state index in [2.05, 4.69) is 6.92 Å². The number of rotatable bonds is 6. The third-order valence-electron chi connectivity index (χ3n) is 2.53. The molecule has 0 fully saturated rings. The Morgan fingerprint density at radius 3 is 2.71 bits per heavy atom. The fourth-order valence-electron chi connectivity index (χ4n) is 1.50. The van der Waals surface area contributed by atoms with Crippen molar-refractivity contribution >= 4 is 28.8 Å². The minimum atomic E-state index is -0.0735. The first-order chi connectivity index (χ1) is 8.11. The van der Waals surface area contributed by atoms with Gasteiger partial charge in [-0.15, -0.1) is 11.3 Å². The second-order valence-corrected chi connectivity index (χ2v) is 5.19. The molecule has 1 heterocycles. The largest absolute Gasteiger partial charge is 0.395 e. The zero-order chi connectivity index (χ0) is 12.8. The van der Waals surface area contributed by atoms with E-state index < -0.39 is 0 Å². The Balaban J connectivity index is 2.80. The number of aliphatic hydroxyl groups is 1. The number of unbranched alkanes of at least 4 members (excludes halogenated alkanes) is 1. The smallest absolute Gasteiger partial charge is 0.265 e. The van der Waals surface area contributed by atoms with Crippen molar-refractivity contribution in [1.82, 2.24) is 4.90 Å². The summed E-state index contributed by atoms with van der Waals surface area (Å²) < 4.78 is 0. The van der Waals surface area contributed by atoms with Crippen LogP contribution in [0, 0.1) is 6.92 Å². The van der Waals surface area contributed by atoms with Crippen molar-refractivity contribution in [3.63, 3.8) is 0 Å². The van der Waals surface area contributed by atoms with Gasteiger partial charge < -0.3 is 10.0 Å². The van der Waals surface area contributed by atoms with E-state index in [0.29, 0.717) is 23.0 Å². The number of amides is 1. The van der Waals surface area contributed by atoms with E-state index in [1.165, 1.54) is 11.3 Å². The topological polar surface area (TPSA) is 40.5 Å². The SMILES string of the molecule is CCCCN(CCO)C(=O)c1scc(C)c1Cl. The lowest BCUT2D eigenvalue weighted by molar-refractivity contribution is 0.0724. The van der Waals surface area contributed by atoms with Crippen molar-refractivity contribution < 1.29 is 9.90 Å². The third kappa shape index (κ3) is 3.69. The second kappa shape index (κ2) is 6.99. The van der Waals surface area contributed by atoms with Crippen LogP contribution in [0.1, 0.15) is 35.0 Å². The van der Waals surface area contributed by atoms with Crippen molar-refractivity contribution in [3.8, 4) is 0 Å². The molecule has 1 aromatic heterocycles. The van der Waals surface area contributed by atoms with E-state index in [9.17, 15) is 4.79 Å². The number of hydrogen-bond acceptors (Lipinski definition) is 3. The summed E-state index contributed by atoms with van der Waals surface area (Å²) >= 11 is 7.45. The first kappa shape index (κ1) is 14.5. The van der Waals surface area contributed by atoms with Crippen LogP contribution < -0.4 is 0 Å². The van der Waals surface area contributed by atoms with Gasteiger partial charge in [-0.1, -0.05) is 24.9 Å². The number of thiophene rings is 1. The van der Waals surface area contributed by atoms with Gasteiger partial charge in [-0.2, -0.15) is 0 Å². The van der Waals surface area contributed by atoms with E-state index in [0.717, 1.165) is 18.4 Å². The summed E-state index contributed by atoms with van der Waals surface area (Å²) in [5.41, 5.74) is 0.930. The average molecular weight is 276 g/mol. The molecule has 0 aliphatic rings. The lowest BCUT2D eigenvalue weighted by atomic mass is 10.2. The van der Waals surface area contributed by atoms with Crippen molar-refractivity contribution in [2.24, 2.45) is 0 Å². The van der Waals surface area contributed by atoms with Crippen LogP contribution in [-0.2, 0) is 0 Å². The third-order valence-corrected chi connectivity index (χ3v) is 4.22. The van der Waals surface area contributed by atoms with Gasteiger partial charge in [-0.3, -0.25) is 4.79 Å². The van der Waals surface area contributed by atoms with Gasteiger partial charge in [0.15, 0.2) is 0 Å². The molecule has 0 unspecified atom stereocenters. The molecule has 0 spiro atoms. The maximum Gasteiger partial charge on any atom is 0.265 e. The van der Waals surface area contributed by atoms with Crippen LogP contribution in [0.5, 0.6) is 0 Å². The van der Waals surface area contributed by atoms with E-state index in [4.69, 9.17) is 16.7 Å². The van der Waals surface area contributed by atoms with E-state index in [1.807, 2.05) is 12.3 Å². The Kier molecular flexibility index (Phi) is 5.95. The van der Waals surface area contributed by atoms with Gasteiger partial charge in [-0.05, 0) is 24.3 Å². The van der Waals surface area contributed by atoms with Crippen LogP contribution in [0.25, 0.3) is 0 Å². The second-order valence-electron chi connectivity index (χ2n) is 3.93. The number of carbonyl (C=O) groups excluding carboxylic acids is 1. The number of hydrogen-bond donors (Lipinski definition) is 1.